The van der Waals surface area contributed by atoms with Gasteiger partial charge in [0.1, 0.15) is 19.3 Å². The van der Waals surface area contributed by atoms with Crippen LogP contribution in [0, 0.1) is 11.8 Å². The Balaban J connectivity index is 5.26. The average molecular weight is 1370 g/mol. The number of carbonyl (C=O) groups excluding carboxylic acids is 4. The topological polar surface area (TPSA) is 237 Å². The molecular formula is C74H144O17P2. The lowest BCUT2D eigenvalue weighted by molar-refractivity contribution is -0.161. The first kappa shape index (κ1) is 91.1. The zero-order valence-corrected chi connectivity index (χ0v) is 62.3. The van der Waals surface area contributed by atoms with Crippen LogP contribution in [0.5, 0.6) is 0 Å². The zero-order chi connectivity index (χ0) is 68.6. The highest BCUT2D eigenvalue weighted by Gasteiger charge is 2.30. The minimum absolute atomic E-state index is 0.107. The first-order valence-corrected chi connectivity index (χ1v) is 41.5. The third kappa shape index (κ3) is 68.4. The van der Waals surface area contributed by atoms with Gasteiger partial charge in [0.05, 0.1) is 26.4 Å². The second-order valence-electron chi connectivity index (χ2n) is 27.6. The van der Waals surface area contributed by atoms with Gasteiger partial charge in [0.15, 0.2) is 12.2 Å². The summed E-state index contributed by atoms with van der Waals surface area (Å²) in [7, 11) is -9.91. The maximum Gasteiger partial charge on any atom is 0.472 e. The smallest absolute Gasteiger partial charge is 0.462 e. The predicted octanol–water partition coefficient (Wildman–Crippen LogP) is 21.6. The van der Waals surface area contributed by atoms with Crippen molar-refractivity contribution in [3.8, 4) is 0 Å². The SMILES string of the molecule is CCCCCCCCCCCCCCCCCC(=O)O[C@H](COC(=O)CCCCCCCCCCCCCC(C)C)COP(=O)(O)OC[C@@H](O)COP(=O)(O)OC[C@@H](COC(=O)CCCCCCCCCCC(C)C)OC(=O)CCCCCCCCCCCCCCC. The number of aliphatic hydroxyl groups excluding tert-OH is 1. The monoisotopic (exact) mass is 1370 g/mol. The van der Waals surface area contributed by atoms with Gasteiger partial charge in [-0.1, -0.05) is 330 Å². The van der Waals surface area contributed by atoms with Gasteiger partial charge < -0.3 is 33.8 Å². The van der Waals surface area contributed by atoms with Crippen molar-refractivity contribution in [1.82, 2.24) is 0 Å². The lowest BCUT2D eigenvalue weighted by Gasteiger charge is -2.21. The number of ether oxygens (including phenoxy) is 4. The quantitative estimate of drug-likeness (QED) is 0.0222. The largest absolute Gasteiger partial charge is 0.472 e. The molecule has 0 spiro atoms. The summed E-state index contributed by atoms with van der Waals surface area (Å²) >= 11 is 0. The van der Waals surface area contributed by atoms with Crippen LogP contribution in [0.15, 0.2) is 0 Å². The van der Waals surface area contributed by atoms with Gasteiger partial charge in [0.25, 0.3) is 0 Å². The van der Waals surface area contributed by atoms with Gasteiger partial charge in [-0.2, -0.15) is 0 Å². The summed E-state index contributed by atoms with van der Waals surface area (Å²) in [6.45, 7) is 9.56. The molecule has 552 valence electrons. The summed E-state index contributed by atoms with van der Waals surface area (Å²) in [5.74, 6) is -0.618. The van der Waals surface area contributed by atoms with Crippen LogP contribution in [0.4, 0.5) is 0 Å². The van der Waals surface area contributed by atoms with Gasteiger partial charge in [0, 0.05) is 25.7 Å². The Morgan fingerprint density at radius 3 is 0.731 bits per heavy atom. The number of phosphoric acid groups is 2. The molecule has 0 bridgehead atoms. The molecular weight excluding hydrogens is 1220 g/mol. The van der Waals surface area contributed by atoms with E-state index in [-0.39, 0.29) is 25.7 Å². The molecule has 0 aliphatic carbocycles. The Labute approximate surface area is 568 Å². The molecule has 0 aromatic carbocycles. The average Bonchev–Trinajstić information content (AvgIpc) is 2.20. The lowest BCUT2D eigenvalue weighted by Crippen LogP contribution is -2.30. The molecule has 5 atom stereocenters. The summed E-state index contributed by atoms with van der Waals surface area (Å²) in [6.07, 6.45) is 52.6. The van der Waals surface area contributed by atoms with E-state index in [1.165, 1.54) is 199 Å². The van der Waals surface area contributed by atoms with E-state index in [0.717, 1.165) is 102 Å². The Hall–Kier alpha value is -1.94. The highest BCUT2D eigenvalue weighted by molar-refractivity contribution is 7.47. The van der Waals surface area contributed by atoms with Crippen molar-refractivity contribution in [3.05, 3.63) is 0 Å². The molecule has 0 aromatic rings. The first-order valence-electron chi connectivity index (χ1n) is 38.5. The second kappa shape index (κ2) is 66.0. The first-order chi connectivity index (χ1) is 44.9. The van der Waals surface area contributed by atoms with E-state index in [0.29, 0.717) is 25.7 Å². The number of carbonyl (C=O) groups is 4. The molecule has 0 rings (SSSR count). The molecule has 0 aliphatic rings. The van der Waals surface area contributed by atoms with Gasteiger partial charge in [0.2, 0.25) is 0 Å². The van der Waals surface area contributed by atoms with E-state index in [1.54, 1.807) is 0 Å². The number of phosphoric ester groups is 2. The maximum absolute atomic E-state index is 13.1. The summed E-state index contributed by atoms with van der Waals surface area (Å²) < 4.78 is 68.5. The van der Waals surface area contributed by atoms with Gasteiger partial charge in [-0.15, -0.1) is 0 Å². The molecule has 0 radical (unpaired) electrons. The molecule has 0 aromatic heterocycles. The number of hydrogen-bond donors (Lipinski definition) is 3. The molecule has 0 saturated heterocycles. The fourth-order valence-corrected chi connectivity index (χ4v) is 12.9. The summed E-state index contributed by atoms with van der Waals surface area (Å²) in [5, 5.41) is 10.6. The predicted molar refractivity (Wildman–Crippen MR) is 377 cm³/mol. The van der Waals surface area contributed by atoms with Crippen molar-refractivity contribution < 1.29 is 80.2 Å². The number of esters is 4. The third-order valence-electron chi connectivity index (χ3n) is 17.2. The minimum Gasteiger partial charge on any atom is -0.462 e. The van der Waals surface area contributed by atoms with E-state index in [9.17, 15) is 43.2 Å². The molecule has 0 saturated carbocycles. The van der Waals surface area contributed by atoms with Crippen LogP contribution >= 0.6 is 15.6 Å². The molecule has 93 heavy (non-hydrogen) atoms. The van der Waals surface area contributed by atoms with Crippen LogP contribution in [0.2, 0.25) is 0 Å². The third-order valence-corrected chi connectivity index (χ3v) is 19.1. The van der Waals surface area contributed by atoms with E-state index >= 15 is 0 Å². The Morgan fingerprint density at radius 1 is 0.290 bits per heavy atom. The van der Waals surface area contributed by atoms with Crippen LogP contribution in [-0.4, -0.2) is 96.7 Å². The van der Waals surface area contributed by atoms with Crippen molar-refractivity contribution in [2.75, 3.05) is 39.6 Å². The molecule has 0 amide bonds. The molecule has 0 aliphatic heterocycles. The lowest BCUT2D eigenvalue weighted by atomic mass is 10.0. The van der Waals surface area contributed by atoms with E-state index in [2.05, 4.69) is 41.5 Å². The fraction of sp³-hybridized carbons (Fsp3) is 0.946. The maximum atomic E-state index is 13.1. The van der Waals surface area contributed by atoms with Crippen molar-refractivity contribution in [3.63, 3.8) is 0 Å². The molecule has 3 N–H and O–H groups in total. The van der Waals surface area contributed by atoms with E-state index in [1.807, 2.05) is 0 Å². The van der Waals surface area contributed by atoms with Crippen LogP contribution in [0.25, 0.3) is 0 Å². The molecule has 0 fully saturated rings. The van der Waals surface area contributed by atoms with Crippen molar-refractivity contribution in [1.29, 1.82) is 0 Å². The van der Waals surface area contributed by atoms with E-state index in [4.69, 9.17) is 37.0 Å². The van der Waals surface area contributed by atoms with Crippen molar-refractivity contribution in [2.24, 2.45) is 11.8 Å². The Bertz CT molecular complexity index is 1800. The van der Waals surface area contributed by atoms with Gasteiger partial charge in [-0.25, -0.2) is 9.13 Å². The zero-order valence-electron chi connectivity index (χ0n) is 60.6. The Kier molecular flexibility index (Phi) is 64.6. The van der Waals surface area contributed by atoms with Gasteiger partial charge in [-0.05, 0) is 37.5 Å². The number of rotatable bonds is 73. The van der Waals surface area contributed by atoms with Crippen LogP contribution in [-0.2, 0) is 65.4 Å². The normalized spacial score (nSPS) is 14.1. The van der Waals surface area contributed by atoms with Crippen LogP contribution in [0.3, 0.4) is 0 Å². The molecule has 19 heteroatoms. The van der Waals surface area contributed by atoms with Gasteiger partial charge >= 0.3 is 39.5 Å². The van der Waals surface area contributed by atoms with Crippen LogP contribution < -0.4 is 0 Å². The number of unbranched alkanes of at least 4 members (excludes halogenated alkanes) is 43. The number of hydrogen-bond acceptors (Lipinski definition) is 15. The molecule has 17 nitrogen and oxygen atoms in total. The standard InChI is InChI=1S/C74H144O17P2/c1-7-9-11-13-15-17-19-21-22-24-28-33-41-47-53-59-74(79)90-69(62-84-71(76)56-50-44-38-31-29-25-26-30-36-42-48-54-66(3)4)64-88-92(80,81)86-60-68(75)61-87-93(82,83)89-65-70(63-85-72(77)57-51-45-39-35-34-37-43-49-55-67(5)6)91-73(78)58-52-46-40-32-27-23-20-18-16-14-12-10-8-2/h66-70,75H,7-65H2,1-6H3,(H,80,81)(H,82,83)/t68-,69-,70-/m1/s1. The highest BCUT2D eigenvalue weighted by Crippen LogP contribution is 2.45. The summed E-state index contributed by atoms with van der Waals surface area (Å²) in [6, 6.07) is 0. The summed E-state index contributed by atoms with van der Waals surface area (Å²) in [4.78, 5) is 72.7. The summed E-state index contributed by atoms with van der Waals surface area (Å²) in [5.41, 5.74) is 0. The fourth-order valence-electron chi connectivity index (χ4n) is 11.3. The second-order valence-corrected chi connectivity index (χ2v) is 30.5. The number of aliphatic hydroxyl groups is 1. The van der Waals surface area contributed by atoms with Gasteiger partial charge in [-0.3, -0.25) is 37.3 Å². The minimum atomic E-state index is -4.95. The Morgan fingerprint density at radius 2 is 0.495 bits per heavy atom. The van der Waals surface area contributed by atoms with Crippen molar-refractivity contribution >= 4 is 39.5 Å². The molecule has 0 heterocycles. The highest BCUT2D eigenvalue weighted by atomic mass is 31.2. The molecule has 2 unspecified atom stereocenters. The van der Waals surface area contributed by atoms with E-state index < -0.39 is 97.5 Å². The van der Waals surface area contributed by atoms with Crippen LogP contribution in [0.1, 0.15) is 382 Å². The van der Waals surface area contributed by atoms with Crippen molar-refractivity contribution in [2.45, 2.75) is 400 Å².